The number of unbranched alkanes of at least 4 members (excludes halogenated alkanes) is 1. The van der Waals surface area contributed by atoms with Crippen molar-refractivity contribution in [1.29, 1.82) is 0 Å². The predicted molar refractivity (Wildman–Crippen MR) is 124 cm³/mol. The highest BCUT2D eigenvalue weighted by Gasteiger charge is 2.31. The summed E-state index contributed by atoms with van der Waals surface area (Å²) in [4.78, 5) is 4.31. The Hall–Kier alpha value is -3.68. The molecule has 2 aromatic heterocycles. The van der Waals surface area contributed by atoms with E-state index in [-0.39, 0.29) is 11.0 Å². The molecular weight excluding hydrogens is 446 g/mol. The monoisotopic (exact) mass is 469 g/mol. The molecule has 4 rings (SSSR count). The van der Waals surface area contributed by atoms with Gasteiger partial charge in [-0.2, -0.15) is 22.7 Å². The molecule has 0 atom stereocenters. The van der Waals surface area contributed by atoms with Crippen LogP contribution in [0.15, 0.2) is 66.9 Å². The molecule has 0 saturated carbocycles. The number of allylic oxidation sites excluding steroid dienone is 1. The Kier molecular flexibility index (Phi) is 6.95. The standard InChI is InChI=1S/C26H23F4N3O/c1-2-3-13-34-23-12-10-19(16-31-23)24(18-9-11-22-20(14-18)25(27)33-32-22)21(15-26(28,29)30)17-7-5-4-6-8-17/h4-12,14,16H,2-3,13,15H2,1H3,(H,32,33)/b24-21-. The topological polar surface area (TPSA) is 50.8 Å². The van der Waals surface area contributed by atoms with Gasteiger partial charge in [-0.15, -0.1) is 0 Å². The van der Waals surface area contributed by atoms with Gasteiger partial charge >= 0.3 is 6.18 Å². The Morgan fingerprint density at radius 2 is 1.74 bits per heavy atom. The molecule has 0 saturated heterocycles. The Morgan fingerprint density at radius 3 is 2.41 bits per heavy atom. The number of H-pyrrole nitrogens is 1. The second-order valence-corrected chi connectivity index (χ2v) is 7.87. The quantitative estimate of drug-likeness (QED) is 0.169. The first-order valence-electron chi connectivity index (χ1n) is 10.9. The summed E-state index contributed by atoms with van der Waals surface area (Å²) in [5.74, 6) is -0.254. The Morgan fingerprint density at radius 1 is 0.971 bits per heavy atom. The van der Waals surface area contributed by atoms with Crippen molar-refractivity contribution in [3.05, 3.63) is 89.5 Å². The second-order valence-electron chi connectivity index (χ2n) is 7.87. The van der Waals surface area contributed by atoms with Gasteiger partial charge in [-0.1, -0.05) is 49.7 Å². The van der Waals surface area contributed by atoms with Crippen molar-refractivity contribution in [3.8, 4) is 5.88 Å². The zero-order chi connectivity index (χ0) is 24.1. The number of pyridine rings is 1. The van der Waals surface area contributed by atoms with Gasteiger partial charge < -0.3 is 4.74 Å². The van der Waals surface area contributed by atoms with Crippen molar-refractivity contribution < 1.29 is 22.3 Å². The predicted octanol–water partition coefficient (Wildman–Crippen LogP) is 7.19. The first-order valence-corrected chi connectivity index (χ1v) is 10.9. The summed E-state index contributed by atoms with van der Waals surface area (Å²) >= 11 is 0. The van der Waals surface area contributed by atoms with E-state index < -0.39 is 18.5 Å². The largest absolute Gasteiger partial charge is 0.478 e. The lowest BCUT2D eigenvalue weighted by atomic mass is 9.88. The molecule has 176 valence electrons. The van der Waals surface area contributed by atoms with Crippen molar-refractivity contribution >= 4 is 22.0 Å². The van der Waals surface area contributed by atoms with Crippen LogP contribution < -0.4 is 4.74 Å². The minimum absolute atomic E-state index is 0.0674. The highest BCUT2D eigenvalue weighted by atomic mass is 19.4. The van der Waals surface area contributed by atoms with E-state index in [4.69, 9.17) is 4.74 Å². The fourth-order valence-electron chi connectivity index (χ4n) is 3.76. The molecule has 0 bridgehead atoms. The Balaban J connectivity index is 1.91. The second kappa shape index (κ2) is 10.1. The maximum Gasteiger partial charge on any atom is 0.393 e. The fraction of sp³-hybridized carbons (Fsp3) is 0.231. The van der Waals surface area contributed by atoms with Gasteiger partial charge in [-0.3, -0.25) is 5.10 Å². The normalized spacial score (nSPS) is 12.6. The Labute approximate surface area is 194 Å². The van der Waals surface area contributed by atoms with Crippen LogP contribution in [0.25, 0.3) is 22.0 Å². The molecule has 0 fully saturated rings. The molecule has 0 unspecified atom stereocenters. The maximum absolute atomic E-state index is 14.2. The van der Waals surface area contributed by atoms with E-state index in [0.29, 0.717) is 40.3 Å². The first kappa shape index (κ1) is 23.5. The molecule has 0 aliphatic rings. The van der Waals surface area contributed by atoms with Gasteiger partial charge in [0, 0.05) is 17.8 Å². The smallest absolute Gasteiger partial charge is 0.393 e. The zero-order valence-electron chi connectivity index (χ0n) is 18.5. The number of rotatable bonds is 8. The molecule has 4 nitrogen and oxygen atoms in total. The third-order valence-electron chi connectivity index (χ3n) is 5.37. The number of nitrogens with zero attached hydrogens (tertiary/aromatic N) is 2. The van der Waals surface area contributed by atoms with Crippen LogP contribution in [-0.4, -0.2) is 28.0 Å². The third kappa shape index (κ3) is 5.44. The number of hydrogen-bond acceptors (Lipinski definition) is 3. The number of halogens is 4. The van der Waals surface area contributed by atoms with E-state index in [1.165, 1.54) is 12.3 Å². The molecule has 34 heavy (non-hydrogen) atoms. The molecule has 0 spiro atoms. The van der Waals surface area contributed by atoms with Crippen molar-refractivity contribution in [2.45, 2.75) is 32.4 Å². The van der Waals surface area contributed by atoms with Crippen molar-refractivity contribution in [2.75, 3.05) is 6.61 Å². The highest BCUT2D eigenvalue weighted by Crippen LogP contribution is 2.40. The molecule has 2 aromatic carbocycles. The van der Waals surface area contributed by atoms with Crippen LogP contribution in [0.4, 0.5) is 17.6 Å². The average Bonchev–Trinajstić information content (AvgIpc) is 3.20. The number of nitrogens with one attached hydrogen (secondary N) is 1. The lowest BCUT2D eigenvalue weighted by molar-refractivity contribution is -0.122. The summed E-state index contributed by atoms with van der Waals surface area (Å²) in [7, 11) is 0. The van der Waals surface area contributed by atoms with Crippen molar-refractivity contribution in [2.24, 2.45) is 0 Å². The van der Waals surface area contributed by atoms with Gasteiger partial charge in [0.05, 0.1) is 23.9 Å². The average molecular weight is 469 g/mol. The third-order valence-corrected chi connectivity index (χ3v) is 5.37. The van der Waals surface area contributed by atoms with E-state index in [9.17, 15) is 17.6 Å². The van der Waals surface area contributed by atoms with Crippen LogP contribution in [0, 0.1) is 5.95 Å². The molecule has 0 amide bonds. The van der Waals surface area contributed by atoms with E-state index in [0.717, 1.165) is 12.8 Å². The summed E-state index contributed by atoms with van der Waals surface area (Å²) in [6.07, 6.45) is -2.29. The number of aromatic amines is 1. The summed E-state index contributed by atoms with van der Waals surface area (Å²) in [5.41, 5.74) is 2.09. The van der Waals surface area contributed by atoms with Gasteiger partial charge in [-0.05, 0) is 46.9 Å². The van der Waals surface area contributed by atoms with Crippen LogP contribution in [0.5, 0.6) is 5.88 Å². The summed E-state index contributed by atoms with van der Waals surface area (Å²) < 4.78 is 61.1. The first-order chi connectivity index (χ1) is 16.4. The molecule has 0 aliphatic heterocycles. The number of benzene rings is 2. The number of fused-ring (bicyclic) bond motifs is 1. The molecule has 0 radical (unpaired) electrons. The van der Waals surface area contributed by atoms with E-state index in [2.05, 4.69) is 15.2 Å². The number of aromatic nitrogens is 3. The lowest BCUT2D eigenvalue weighted by Crippen LogP contribution is -2.10. The summed E-state index contributed by atoms with van der Waals surface area (Å²) in [5, 5.41) is 6.34. The van der Waals surface area contributed by atoms with Crippen LogP contribution in [0.1, 0.15) is 42.9 Å². The van der Waals surface area contributed by atoms with Gasteiger partial charge in [-0.25, -0.2) is 4.98 Å². The number of alkyl halides is 3. The van der Waals surface area contributed by atoms with Gasteiger partial charge in [0.1, 0.15) is 0 Å². The van der Waals surface area contributed by atoms with Crippen LogP contribution >= 0.6 is 0 Å². The van der Waals surface area contributed by atoms with Crippen molar-refractivity contribution in [3.63, 3.8) is 0 Å². The van der Waals surface area contributed by atoms with Gasteiger partial charge in [0.15, 0.2) is 0 Å². The molecule has 0 aliphatic carbocycles. The SMILES string of the molecule is CCCCOc1ccc(/C(=C(/CC(F)(F)F)c2ccccc2)c2ccc3n[nH]c(F)c3c2)cn1. The number of ether oxygens (including phenoxy) is 1. The zero-order valence-corrected chi connectivity index (χ0v) is 18.5. The van der Waals surface area contributed by atoms with Crippen LogP contribution in [-0.2, 0) is 0 Å². The summed E-state index contributed by atoms with van der Waals surface area (Å²) in [6, 6.07) is 16.4. The molecule has 4 aromatic rings. The maximum atomic E-state index is 14.2. The van der Waals surface area contributed by atoms with Gasteiger partial charge in [0.2, 0.25) is 11.8 Å². The molecule has 2 heterocycles. The van der Waals surface area contributed by atoms with E-state index in [1.807, 2.05) is 6.92 Å². The fourth-order valence-corrected chi connectivity index (χ4v) is 3.76. The Bertz CT molecular complexity index is 1280. The summed E-state index contributed by atoms with van der Waals surface area (Å²) in [6.45, 7) is 2.55. The van der Waals surface area contributed by atoms with Gasteiger partial charge in [0.25, 0.3) is 0 Å². The lowest BCUT2D eigenvalue weighted by Gasteiger charge is -2.19. The van der Waals surface area contributed by atoms with Crippen LogP contribution in [0.3, 0.4) is 0 Å². The molecule has 1 N–H and O–H groups in total. The highest BCUT2D eigenvalue weighted by molar-refractivity contribution is 6.00. The van der Waals surface area contributed by atoms with Crippen molar-refractivity contribution in [1.82, 2.24) is 15.2 Å². The van der Waals surface area contributed by atoms with Crippen LogP contribution in [0.2, 0.25) is 0 Å². The minimum Gasteiger partial charge on any atom is -0.478 e. The minimum atomic E-state index is -4.46. The molecular formula is C26H23F4N3O. The number of hydrogen-bond donors (Lipinski definition) is 1. The van der Waals surface area contributed by atoms with E-state index >= 15 is 0 Å². The van der Waals surface area contributed by atoms with E-state index in [1.54, 1.807) is 54.6 Å². The molecule has 8 heteroatoms.